The second-order valence-corrected chi connectivity index (χ2v) is 7.24. The summed E-state index contributed by atoms with van der Waals surface area (Å²) >= 11 is 0. The van der Waals surface area contributed by atoms with Crippen LogP contribution in [0.2, 0.25) is 0 Å². The van der Waals surface area contributed by atoms with Gasteiger partial charge in [-0.3, -0.25) is 0 Å². The molecule has 6 heteroatoms. The van der Waals surface area contributed by atoms with Crippen LogP contribution in [0.3, 0.4) is 0 Å². The minimum absolute atomic E-state index is 0.102. The zero-order valence-electron chi connectivity index (χ0n) is 10.0. The van der Waals surface area contributed by atoms with Gasteiger partial charge in [-0.25, -0.2) is 12.7 Å². The van der Waals surface area contributed by atoms with Crippen LogP contribution in [0.1, 0.15) is 32.6 Å². The van der Waals surface area contributed by atoms with Crippen molar-refractivity contribution in [2.24, 2.45) is 5.73 Å². The lowest BCUT2D eigenvalue weighted by Crippen LogP contribution is -2.46. The van der Waals surface area contributed by atoms with Gasteiger partial charge in [-0.05, 0) is 19.8 Å². The third-order valence-corrected chi connectivity index (χ3v) is 5.53. The Balaban J connectivity index is 2.68. The molecule has 5 nitrogen and oxygen atoms in total. The van der Waals surface area contributed by atoms with Gasteiger partial charge in [0.1, 0.15) is 0 Å². The van der Waals surface area contributed by atoms with Crippen LogP contribution in [0.4, 0.5) is 0 Å². The summed E-state index contributed by atoms with van der Waals surface area (Å²) in [4.78, 5) is 0. The summed E-state index contributed by atoms with van der Waals surface area (Å²) in [6.45, 7) is 1.87. The van der Waals surface area contributed by atoms with Crippen LogP contribution in [0.5, 0.6) is 0 Å². The average molecular weight is 250 g/mol. The molecule has 1 aliphatic carbocycles. The van der Waals surface area contributed by atoms with Crippen molar-refractivity contribution in [1.29, 1.82) is 0 Å². The highest BCUT2D eigenvalue weighted by Gasteiger charge is 2.36. The number of likely N-dealkylation sites (N-methyl/N-ethyl adjacent to an activating group) is 1. The van der Waals surface area contributed by atoms with Crippen LogP contribution >= 0.6 is 0 Å². The van der Waals surface area contributed by atoms with Crippen LogP contribution < -0.4 is 5.73 Å². The molecule has 0 aromatic heterocycles. The lowest BCUT2D eigenvalue weighted by molar-refractivity contribution is 0.0332. The SMILES string of the molecule is CC(CN)S(=O)(=O)N(C)CC1(O)CCCC1. The van der Waals surface area contributed by atoms with E-state index in [4.69, 9.17) is 5.73 Å². The number of rotatable bonds is 5. The molecule has 0 amide bonds. The second kappa shape index (κ2) is 5.00. The van der Waals surface area contributed by atoms with E-state index in [1.165, 1.54) is 11.4 Å². The lowest BCUT2D eigenvalue weighted by atomic mass is 10.0. The topological polar surface area (TPSA) is 83.6 Å². The molecule has 1 rings (SSSR count). The monoisotopic (exact) mass is 250 g/mol. The summed E-state index contributed by atoms with van der Waals surface area (Å²) in [5.74, 6) is 0. The van der Waals surface area contributed by atoms with Crippen molar-refractivity contribution >= 4 is 10.0 Å². The van der Waals surface area contributed by atoms with Crippen molar-refractivity contribution in [3.63, 3.8) is 0 Å². The molecule has 0 aromatic carbocycles. The fourth-order valence-electron chi connectivity index (χ4n) is 2.12. The van der Waals surface area contributed by atoms with Crippen LogP contribution in [-0.2, 0) is 10.0 Å². The van der Waals surface area contributed by atoms with E-state index in [-0.39, 0.29) is 13.1 Å². The molecular weight excluding hydrogens is 228 g/mol. The summed E-state index contributed by atoms with van der Waals surface area (Å²) in [6, 6.07) is 0. The normalized spacial score (nSPS) is 22.6. The van der Waals surface area contributed by atoms with Gasteiger partial charge in [0.2, 0.25) is 10.0 Å². The Morgan fingerprint density at radius 1 is 1.44 bits per heavy atom. The first-order valence-electron chi connectivity index (χ1n) is 5.69. The number of nitrogens with zero attached hydrogens (tertiary/aromatic N) is 1. The molecule has 1 fully saturated rings. The molecule has 0 spiro atoms. The first-order valence-corrected chi connectivity index (χ1v) is 7.20. The molecular formula is C10H22N2O3S. The van der Waals surface area contributed by atoms with E-state index in [0.717, 1.165) is 12.8 Å². The van der Waals surface area contributed by atoms with Crippen molar-refractivity contribution < 1.29 is 13.5 Å². The maximum atomic E-state index is 11.9. The number of aliphatic hydroxyl groups is 1. The smallest absolute Gasteiger partial charge is 0.217 e. The fourth-order valence-corrected chi connectivity index (χ4v) is 3.40. The van der Waals surface area contributed by atoms with Gasteiger partial charge < -0.3 is 10.8 Å². The Kier molecular flexibility index (Phi) is 4.34. The lowest BCUT2D eigenvalue weighted by Gasteiger charge is -2.29. The van der Waals surface area contributed by atoms with E-state index in [9.17, 15) is 13.5 Å². The van der Waals surface area contributed by atoms with Crippen LogP contribution in [0.15, 0.2) is 0 Å². The minimum Gasteiger partial charge on any atom is -0.389 e. The summed E-state index contributed by atoms with van der Waals surface area (Å²) in [5, 5.41) is 9.55. The van der Waals surface area contributed by atoms with E-state index >= 15 is 0 Å². The fraction of sp³-hybridized carbons (Fsp3) is 1.00. The van der Waals surface area contributed by atoms with Gasteiger partial charge in [-0.1, -0.05) is 12.8 Å². The summed E-state index contributed by atoms with van der Waals surface area (Å²) in [5.41, 5.74) is 4.53. The molecule has 0 bridgehead atoms. The molecule has 0 aromatic rings. The van der Waals surface area contributed by atoms with Crippen LogP contribution in [0, 0.1) is 0 Å². The summed E-state index contributed by atoms with van der Waals surface area (Å²) in [6.07, 6.45) is 3.31. The molecule has 16 heavy (non-hydrogen) atoms. The zero-order valence-corrected chi connectivity index (χ0v) is 10.8. The van der Waals surface area contributed by atoms with E-state index in [1.807, 2.05) is 0 Å². The third-order valence-electron chi connectivity index (χ3n) is 3.33. The van der Waals surface area contributed by atoms with E-state index in [0.29, 0.717) is 12.8 Å². The predicted molar refractivity (Wildman–Crippen MR) is 63.5 cm³/mol. The van der Waals surface area contributed by atoms with Crippen LogP contribution in [0.25, 0.3) is 0 Å². The van der Waals surface area contributed by atoms with E-state index < -0.39 is 20.9 Å². The maximum Gasteiger partial charge on any atom is 0.217 e. The molecule has 1 aliphatic rings. The zero-order chi connectivity index (χ0) is 12.4. The van der Waals surface area contributed by atoms with Crippen molar-refractivity contribution in [1.82, 2.24) is 4.31 Å². The standard InChI is InChI=1S/C10H22N2O3S/c1-9(7-11)16(14,15)12(2)8-10(13)5-3-4-6-10/h9,13H,3-8,11H2,1-2H3. The van der Waals surface area contributed by atoms with Crippen LogP contribution in [-0.4, -0.2) is 48.8 Å². The van der Waals surface area contributed by atoms with E-state index in [1.54, 1.807) is 6.92 Å². The number of sulfonamides is 1. The van der Waals surface area contributed by atoms with Gasteiger partial charge in [0, 0.05) is 20.1 Å². The van der Waals surface area contributed by atoms with Gasteiger partial charge in [-0.15, -0.1) is 0 Å². The highest BCUT2D eigenvalue weighted by atomic mass is 32.2. The Bertz CT molecular complexity index is 323. The average Bonchev–Trinajstić information content (AvgIpc) is 2.63. The first-order chi connectivity index (χ1) is 7.32. The third kappa shape index (κ3) is 2.94. The van der Waals surface area contributed by atoms with Crippen molar-refractivity contribution in [2.45, 2.75) is 43.5 Å². The van der Waals surface area contributed by atoms with Crippen molar-refractivity contribution in [3.8, 4) is 0 Å². The second-order valence-electron chi connectivity index (χ2n) is 4.78. The molecule has 1 atom stereocenters. The molecule has 0 radical (unpaired) electrons. The molecule has 3 N–H and O–H groups in total. The molecule has 0 heterocycles. The van der Waals surface area contributed by atoms with Crippen molar-refractivity contribution in [2.75, 3.05) is 20.1 Å². The van der Waals surface area contributed by atoms with Gasteiger partial charge >= 0.3 is 0 Å². The highest BCUT2D eigenvalue weighted by molar-refractivity contribution is 7.89. The molecule has 0 saturated heterocycles. The maximum absolute atomic E-state index is 11.9. The molecule has 96 valence electrons. The Morgan fingerprint density at radius 2 is 1.94 bits per heavy atom. The van der Waals surface area contributed by atoms with Gasteiger partial charge in [-0.2, -0.15) is 0 Å². The number of nitrogens with two attached hydrogens (primary N) is 1. The first kappa shape index (κ1) is 13.9. The Labute approximate surface area is 97.7 Å². The Morgan fingerprint density at radius 3 is 2.38 bits per heavy atom. The summed E-state index contributed by atoms with van der Waals surface area (Å²) in [7, 11) is -1.85. The number of hydrogen-bond donors (Lipinski definition) is 2. The largest absolute Gasteiger partial charge is 0.389 e. The molecule has 1 saturated carbocycles. The van der Waals surface area contributed by atoms with E-state index in [2.05, 4.69) is 0 Å². The summed E-state index contributed by atoms with van der Waals surface area (Å²) < 4.78 is 25.1. The predicted octanol–water partition coefficient (Wildman–Crippen LogP) is -0.0997. The highest BCUT2D eigenvalue weighted by Crippen LogP contribution is 2.30. The van der Waals surface area contributed by atoms with Gasteiger partial charge in [0.15, 0.2) is 0 Å². The molecule has 0 aliphatic heterocycles. The Hall–Kier alpha value is -0.170. The minimum atomic E-state index is -3.37. The molecule has 1 unspecified atom stereocenters. The van der Waals surface area contributed by atoms with Gasteiger partial charge in [0.05, 0.1) is 10.9 Å². The quantitative estimate of drug-likeness (QED) is 0.713. The van der Waals surface area contributed by atoms with Crippen molar-refractivity contribution in [3.05, 3.63) is 0 Å². The number of hydrogen-bond acceptors (Lipinski definition) is 4. The van der Waals surface area contributed by atoms with Gasteiger partial charge in [0.25, 0.3) is 0 Å².